The van der Waals surface area contributed by atoms with E-state index in [0.717, 1.165) is 18.9 Å². The van der Waals surface area contributed by atoms with Crippen molar-refractivity contribution >= 4 is 17.4 Å². The predicted molar refractivity (Wildman–Crippen MR) is 91.2 cm³/mol. The lowest BCUT2D eigenvalue weighted by Crippen LogP contribution is -2.19. The lowest BCUT2D eigenvalue weighted by atomic mass is 10.2. The molecule has 5 heteroatoms. The Morgan fingerprint density at radius 1 is 1.22 bits per heavy atom. The van der Waals surface area contributed by atoms with E-state index >= 15 is 0 Å². The number of para-hydroxylation sites is 1. The van der Waals surface area contributed by atoms with Crippen LogP contribution in [0.5, 0.6) is 5.75 Å². The summed E-state index contributed by atoms with van der Waals surface area (Å²) in [5.41, 5.74) is 1.21. The van der Waals surface area contributed by atoms with Gasteiger partial charge in [-0.25, -0.2) is 4.98 Å². The Kier molecular flexibility index (Phi) is 4.76. The quantitative estimate of drug-likeness (QED) is 0.920. The molecule has 120 valence electrons. The molecule has 1 N–H and O–H groups in total. The molecule has 2 aromatic rings. The van der Waals surface area contributed by atoms with Gasteiger partial charge in [-0.05, 0) is 44.0 Å². The number of benzene rings is 1. The summed E-state index contributed by atoms with van der Waals surface area (Å²) in [4.78, 5) is 19.1. The number of pyridine rings is 1. The Hall–Kier alpha value is -2.56. The van der Waals surface area contributed by atoms with Crippen LogP contribution >= 0.6 is 0 Å². The molecular formula is C18H21N3O2. The topological polar surface area (TPSA) is 54.5 Å². The smallest absolute Gasteiger partial charge is 0.259 e. The highest BCUT2D eigenvalue weighted by Crippen LogP contribution is 2.21. The van der Waals surface area contributed by atoms with Crippen molar-refractivity contribution in [3.05, 3.63) is 48.2 Å². The van der Waals surface area contributed by atoms with Crippen LogP contribution in [0, 0.1) is 0 Å². The van der Waals surface area contributed by atoms with Crippen molar-refractivity contribution in [2.75, 3.05) is 29.9 Å². The average Bonchev–Trinajstić information content (AvgIpc) is 3.11. The van der Waals surface area contributed by atoms with Gasteiger partial charge in [0.15, 0.2) is 0 Å². The van der Waals surface area contributed by atoms with Crippen molar-refractivity contribution in [3.63, 3.8) is 0 Å². The molecule has 2 heterocycles. The molecule has 1 amide bonds. The SMILES string of the molecule is CCOc1ccccc1C(=O)Nc1ccc(N2CCCC2)nc1. The fourth-order valence-corrected chi connectivity index (χ4v) is 2.73. The largest absolute Gasteiger partial charge is 0.493 e. The van der Waals surface area contributed by atoms with Crippen molar-refractivity contribution in [1.82, 2.24) is 4.98 Å². The molecule has 0 unspecified atom stereocenters. The summed E-state index contributed by atoms with van der Waals surface area (Å²) in [5, 5.41) is 2.87. The predicted octanol–water partition coefficient (Wildman–Crippen LogP) is 3.33. The van der Waals surface area contributed by atoms with Crippen LogP contribution in [0.15, 0.2) is 42.6 Å². The zero-order valence-corrected chi connectivity index (χ0v) is 13.3. The lowest BCUT2D eigenvalue weighted by molar-refractivity contribution is 0.102. The highest BCUT2D eigenvalue weighted by atomic mass is 16.5. The van der Waals surface area contributed by atoms with Crippen LogP contribution in [-0.4, -0.2) is 30.6 Å². The van der Waals surface area contributed by atoms with E-state index < -0.39 is 0 Å². The number of aromatic nitrogens is 1. The number of carbonyl (C=O) groups is 1. The van der Waals surface area contributed by atoms with Crippen LogP contribution in [0.4, 0.5) is 11.5 Å². The number of carbonyl (C=O) groups excluding carboxylic acids is 1. The first kappa shape index (κ1) is 15.3. The van der Waals surface area contributed by atoms with Crippen molar-refractivity contribution in [2.24, 2.45) is 0 Å². The van der Waals surface area contributed by atoms with Crippen LogP contribution in [0.2, 0.25) is 0 Å². The minimum absolute atomic E-state index is 0.190. The van der Waals surface area contributed by atoms with Crippen molar-refractivity contribution < 1.29 is 9.53 Å². The van der Waals surface area contributed by atoms with Crippen LogP contribution in [0.3, 0.4) is 0 Å². The number of hydrogen-bond donors (Lipinski definition) is 1. The summed E-state index contributed by atoms with van der Waals surface area (Å²) in [6.45, 7) is 4.53. The van der Waals surface area contributed by atoms with Gasteiger partial charge in [0.25, 0.3) is 5.91 Å². The standard InChI is InChI=1S/C18H21N3O2/c1-2-23-16-8-4-3-7-15(16)18(22)20-14-9-10-17(19-13-14)21-11-5-6-12-21/h3-4,7-10,13H,2,5-6,11-12H2,1H3,(H,20,22). The maximum atomic E-state index is 12.4. The van der Waals surface area contributed by atoms with Crippen molar-refractivity contribution in [1.29, 1.82) is 0 Å². The molecule has 1 fully saturated rings. The third kappa shape index (κ3) is 3.62. The fraction of sp³-hybridized carbons (Fsp3) is 0.333. The van der Waals surface area contributed by atoms with Gasteiger partial charge < -0.3 is 15.0 Å². The molecule has 1 aliphatic rings. The van der Waals surface area contributed by atoms with Gasteiger partial charge in [-0.3, -0.25) is 4.79 Å². The van der Waals surface area contributed by atoms with Gasteiger partial charge in [-0.2, -0.15) is 0 Å². The van der Waals surface area contributed by atoms with Gasteiger partial charge in [-0.1, -0.05) is 12.1 Å². The second-order valence-corrected chi connectivity index (χ2v) is 5.48. The molecule has 0 spiro atoms. The molecule has 0 atom stereocenters. The number of amides is 1. The van der Waals surface area contributed by atoms with E-state index in [9.17, 15) is 4.79 Å². The molecule has 1 saturated heterocycles. The van der Waals surface area contributed by atoms with Gasteiger partial charge in [0, 0.05) is 13.1 Å². The molecule has 0 bridgehead atoms. The van der Waals surface area contributed by atoms with Crippen molar-refractivity contribution in [3.8, 4) is 5.75 Å². The summed E-state index contributed by atoms with van der Waals surface area (Å²) in [5.74, 6) is 1.37. The molecule has 1 aromatic carbocycles. The van der Waals surface area contributed by atoms with Gasteiger partial charge in [0.05, 0.1) is 24.1 Å². The molecule has 0 saturated carbocycles. The number of rotatable bonds is 5. The Morgan fingerprint density at radius 3 is 2.70 bits per heavy atom. The second kappa shape index (κ2) is 7.13. The highest BCUT2D eigenvalue weighted by molar-refractivity contribution is 6.06. The van der Waals surface area contributed by atoms with E-state index in [1.54, 1.807) is 18.3 Å². The third-order valence-electron chi connectivity index (χ3n) is 3.87. The second-order valence-electron chi connectivity index (χ2n) is 5.48. The summed E-state index contributed by atoms with van der Waals surface area (Å²) < 4.78 is 5.50. The van der Waals surface area contributed by atoms with Crippen molar-refractivity contribution in [2.45, 2.75) is 19.8 Å². The Morgan fingerprint density at radius 2 is 2.00 bits per heavy atom. The summed E-state index contributed by atoms with van der Waals surface area (Å²) >= 11 is 0. The average molecular weight is 311 g/mol. The minimum Gasteiger partial charge on any atom is -0.493 e. The van der Waals surface area contributed by atoms with Crippen LogP contribution in [-0.2, 0) is 0 Å². The molecular weight excluding hydrogens is 290 g/mol. The van der Waals surface area contributed by atoms with Gasteiger partial charge in [-0.15, -0.1) is 0 Å². The Labute approximate surface area is 136 Å². The molecule has 5 nitrogen and oxygen atoms in total. The summed E-state index contributed by atoms with van der Waals surface area (Å²) in [6.07, 6.45) is 4.14. The summed E-state index contributed by atoms with van der Waals surface area (Å²) in [6, 6.07) is 11.1. The first-order chi connectivity index (χ1) is 11.3. The Balaban J connectivity index is 1.70. The number of ether oxygens (including phenoxy) is 1. The van der Waals surface area contributed by atoms with E-state index in [1.807, 2.05) is 31.2 Å². The van der Waals surface area contributed by atoms with Gasteiger partial charge in [0.2, 0.25) is 0 Å². The van der Waals surface area contributed by atoms with Gasteiger partial charge >= 0.3 is 0 Å². The molecule has 0 aliphatic carbocycles. The Bertz CT molecular complexity index is 664. The van der Waals surface area contributed by atoms with Crippen LogP contribution < -0.4 is 15.0 Å². The first-order valence-corrected chi connectivity index (χ1v) is 8.02. The number of anilines is 2. The zero-order valence-electron chi connectivity index (χ0n) is 13.3. The minimum atomic E-state index is -0.190. The normalized spacial score (nSPS) is 13.9. The monoisotopic (exact) mass is 311 g/mol. The number of nitrogens with zero attached hydrogens (tertiary/aromatic N) is 2. The molecule has 1 aromatic heterocycles. The van der Waals surface area contributed by atoms with E-state index in [-0.39, 0.29) is 5.91 Å². The first-order valence-electron chi connectivity index (χ1n) is 8.02. The third-order valence-corrected chi connectivity index (χ3v) is 3.87. The lowest BCUT2D eigenvalue weighted by Gasteiger charge is -2.16. The maximum Gasteiger partial charge on any atom is 0.259 e. The van der Waals surface area contributed by atoms with E-state index in [4.69, 9.17) is 4.74 Å². The molecule has 1 aliphatic heterocycles. The van der Waals surface area contributed by atoms with E-state index in [0.29, 0.717) is 23.6 Å². The molecule has 0 radical (unpaired) electrons. The number of hydrogen-bond acceptors (Lipinski definition) is 4. The van der Waals surface area contributed by atoms with Gasteiger partial charge in [0.1, 0.15) is 11.6 Å². The molecule has 3 rings (SSSR count). The number of nitrogens with one attached hydrogen (secondary N) is 1. The summed E-state index contributed by atoms with van der Waals surface area (Å²) in [7, 11) is 0. The highest BCUT2D eigenvalue weighted by Gasteiger charge is 2.15. The van der Waals surface area contributed by atoms with E-state index in [2.05, 4.69) is 15.2 Å². The van der Waals surface area contributed by atoms with E-state index in [1.165, 1.54) is 12.8 Å². The van der Waals surface area contributed by atoms with Crippen LogP contribution in [0.1, 0.15) is 30.1 Å². The zero-order chi connectivity index (χ0) is 16.1. The maximum absolute atomic E-state index is 12.4. The van der Waals surface area contributed by atoms with Crippen LogP contribution in [0.25, 0.3) is 0 Å². The molecule has 23 heavy (non-hydrogen) atoms. The fourth-order valence-electron chi connectivity index (χ4n) is 2.73.